The van der Waals surface area contributed by atoms with Crippen molar-refractivity contribution >= 4 is 35.3 Å². The molecular weight excluding hydrogens is 444 g/mol. The van der Waals surface area contributed by atoms with Gasteiger partial charge in [-0.2, -0.15) is 0 Å². The molecule has 0 amide bonds. The van der Waals surface area contributed by atoms with Gasteiger partial charge in [0.25, 0.3) is 0 Å². The van der Waals surface area contributed by atoms with E-state index >= 15 is 0 Å². The van der Waals surface area contributed by atoms with Gasteiger partial charge in [0.1, 0.15) is 0 Å². The maximum atomic E-state index is 6.84. The van der Waals surface area contributed by atoms with Gasteiger partial charge in [-0.25, -0.2) is 0 Å². The first-order chi connectivity index (χ1) is 17.2. The summed E-state index contributed by atoms with van der Waals surface area (Å²) in [5.41, 5.74) is 1.47. The van der Waals surface area contributed by atoms with Crippen LogP contribution in [0.5, 0.6) is 0 Å². The van der Waals surface area contributed by atoms with E-state index in [1.54, 1.807) is 0 Å². The summed E-state index contributed by atoms with van der Waals surface area (Å²) in [6.45, 7) is 8.17. The number of benzene rings is 4. The lowest BCUT2D eigenvalue weighted by molar-refractivity contribution is 0.178. The molecule has 4 aromatic rings. The van der Waals surface area contributed by atoms with Crippen LogP contribution in [-0.2, 0) is 8.85 Å². The lowest BCUT2D eigenvalue weighted by Gasteiger charge is -2.33. The Morgan fingerprint density at radius 1 is 0.600 bits per heavy atom. The van der Waals surface area contributed by atoms with Crippen molar-refractivity contribution in [3.05, 3.63) is 90.5 Å². The van der Waals surface area contributed by atoms with Gasteiger partial charge in [-0.15, -0.1) is 0 Å². The average Bonchev–Trinajstić information content (AvgIpc) is 2.91. The molecule has 1 atom stereocenters. The van der Waals surface area contributed by atoms with Crippen molar-refractivity contribution in [1.82, 2.24) is 0 Å². The van der Waals surface area contributed by atoms with E-state index < -0.39 is 8.56 Å². The van der Waals surface area contributed by atoms with E-state index in [9.17, 15) is 0 Å². The van der Waals surface area contributed by atoms with E-state index in [0.29, 0.717) is 5.92 Å². The van der Waals surface area contributed by atoms with E-state index in [-0.39, 0.29) is 0 Å². The molecule has 0 aliphatic rings. The maximum absolute atomic E-state index is 6.84. The van der Waals surface area contributed by atoms with E-state index in [1.807, 2.05) is 0 Å². The van der Waals surface area contributed by atoms with Crippen LogP contribution in [0.2, 0.25) is 6.04 Å². The highest BCUT2D eigenvalue weighted by atomic mass is 28.4. The van der Waals surface area contributed by atoms with Gasteiger partial charge in [0.2, 0.25) is 0 Å². The Morgan fingerprint density at radius 2 is 1.17 bits per heavy atom. The summed E-state index contributed by atoms with van der Waals surface area (Å²) in [6.07, 6.45) is 5.41. The third-order valence-electron chi connectivity index (χ3n) is 7.00. The van der Waals surface area contributed by atoms with Crippen LogP contribution in [0.1, 0.15) is 64.4 Å². The van der Waals surface area contributed by atoms with Crippen LogP contribution < -0.4 is 5.19 Å². The van der Waals surface area contributed by atoms with Crippen LogP contribution in [0.4, 0.5) is 0 Å². The van der Waals surface area contributed by atoms with E-state index in [2.05, 4.69) is 106 Å². The molecular formula is C32H40O2Si. The second-order valence-electron chi connectivity index (χ2n) is 9.57. The smallest absolute Gasteiger partial charge is 0.373 e. The Morgan fingerprint density at radius 3 is 1.83 bits per heavy atom. The van der Waals surface area contributed by atoms with Crippen LogP contribution >= 0.6 is 0 Å². The van der Waals surface area contributed by atoms with Gasteiger partial charge in [-0.1, -0.05) is 112 Å². The molecule has 4 rings (SSSR count). The van der Waals surface area contributed by atoms with Gasteiger partial charge in [0, 0.05) is 18.4 Å². The fourth-order valence-electron chi connectivity index (χ4n) is 5.34. The first-order valence-corrected chi connectivity index (χ1v) is 15.5. The molecule has 0 aliphatic carbocycles. The van der Waals surface area contributed by atoms with Gasteiger partial charge < -0.3 is 8.85 Å². The van der Waals surface area contributed by atoms with Gasteiger partial charge in [-0.05, 0) is 64.8 Å². The minimum absolute atomic E-state index is 0.489. The molecule has 0 radical (unpaired) electrons. The molecule has 0 bridgehead atoms. The van der Waals surface area contributed by atoms with Crippen molar-refractivity contribution in [1.29, 1.82) is 0 Å². The fraction of sp³-hybridized carbons (Fsp3) is 0.375. The van der Waals surface area contributed by atoms with Crippen LogP contribution in [0.3, 0.4) is 0 Å². The normalized spacial score (nSPS) is 12.9. The second-order valence-corrected chi connectivity index (χ2v) is 12.7. The third-order valence-corrected chi connectivity index (χ3v) is 10.5. The van der Waals surface area contributed by atoms with E-state index in [1.165, 1.54) is 45.1 Å². The fourth-order valence-corrected chi connectivity index (χ4v) is 9.08. The second kappa shape index (κ2) is 12.5. The summed E-state index contributed by atoms with van der Waals surface area (Å²) in [7, 11) is -2.67. The quantitative estimate of drug-likeness (QED) is 0.177. The molecule has 0 N–H and O–H groups in total. The average molecular weight is 485 g/mol. The zero-order valence-corrected chi connectivity index (χ0v) is 22.6. The summed E-state index contributed by atoms with van der Waals surface area (Å²) in [5.74, 6) is 0.489. The lowest BCUT2D eigenvalue weighted by atomic mass is 9.88. The number of hydrogen-bond donors (Lipinski definition) is 0. The zero-order valence-electron chi connectivity index (χ0n) is 21.6. The summed E-state index contributed by atoms with van der Waals surface area (Å²) in [4.78, 5) is 0. The van der Waals surface area contributed by atoms with Crippen molar-refractivity contribution < 1.29 is 8.85 Å². The van der Waals surface area contributed by atoms with Crippen molar-refractivity contribution in [3.63, 3.8) is 0 Å². The van der Waals surface area contributed by atoms with Crippen LogP contribution in [-0.4, -0.2) is 21.8 Å². The molecule has 0 spiro atoms. The van der Waals surface area contributed by atoms with Gasteiger partial charge in [-0.3, -0.25) is 0 Å². The summed E-state index contributed by atoms with van der Waals surface area (Å²) in [5, 5.41) is 6.56. The number of fused-ring (bicyclic) bond motifs is 2. The molecule has 0 saturated carbocycles. The molecule has 0 saturated heterocycles. The first kappa shape index (κ1) is 25.6. The highest BCUT2D eigenvalue weighted by molar-refractivity contribution is 6.83. The predicted octanol–water partition coefficient (Wildman–Crippen LogP) is 8.47. The Bertz CT molecular complexity index is 1200. The Labute approximate surface area is 212 Å². The van der Waals surface area contributed by atoms with Crippen molar-refractivity contribution in [2.24, 2.45) is 0 Å². The van der Waals surface area contributed by atoms with Crippen LogP contribution in [0.25, 0.3) is 21.5 Å². The van der Waals surface area contributed by atoms with Crippen LogP contribution in [0.15, 0.2) is 84.9 Å². The number of rotatable bonds is 13. The molecule has 0 aliphatic heterocycles. The number of hydrogen-bond acceptors (Lipinski definition) is 2. The van der Waals surface area contributed by atoms with E-state index in [4.69, 9.17) is 8.85 Å². The predicted molar refractivity (Wildman–Crippen MR) is 153 cm³/mol. The minimum Gasteiger partial charge on any atom is -0.391 e. The minimum atomic E-state index is -2.67. The van der Waals surface area contributed by atoms with Crippen molar-refractivity contribution in [3.8, 4) is 0 Å². The molecule has 4 aromatic carbocycles. The summed E-state index contributed by atoms with van der Waals surface area (Å²) >= 11 is 0. The molecule has 2 nitrogen and oxygen atoms in total. The molecule has 0 aromatic heterocycles. The molecule has 184 valence electrons. The monoisotopic (exact) mass is 484 g/mol. The topological polar surface area (TPSA) is 18.5 Å². The summed E-state index contributed by atoms with van der Waals surface area (Å²) < 4.78 is 13.7. The SMILES string of the molecule is CCCO[Si](CCC(CCC)c1cccc2ccccc12)(OCCC)c1cccc2ccccc12. The Kier molecular flexibility index (Phi) is 9.14. The van der Waals surface area contributed by atoms with Crippen molar-refractivity contribution in [2.75, 3.05) is 13.2 Å². The maximum Gasteiger partial charge on any atom is 0.373 e. The molecule has 0 fully saturated rings. The largest absolute Gasteiger partial charge is 0.391 e. The Hall–Kier alpha value is -2.46. The summed E-state index contributed by atoms with van der Waals surface area (Å²) in [6, 6.07) is 31.9. The molecule has 0 heterocycles. The van der Waals surface area contributed by atoms with E-state index in [0.717, 1.165) is 38.5 Å². The molecule has 3 heteroatoms. The Balaban J connectivity index is 1.75. The lowest BCUT2D eigenvalue weighted by Crippen LogP contribution is -2.54. The standard InChI is InChI=1S/C32H40O2Si/c1-4-13-26(30-20-11-16-27-14-7-9-18-29(27)30)22-25-35(33-23-5-2,34-24-6-3)32-21-12-17-28-15-8-10-19-31(28)32/h7-12,14-21,26H,4-6,13,22-25H2,1-3H3. The molecule has 1 unspecified atom stereocenters. The first-order valence-electron chi connectivity index (χ1n) is 13.5. The third kappa shape index (κ3) is 5.86. The highest BCUT2D eigenvalue weighted by Crippen LogP contribution is 2.35. The zero-order chi connectivity index (χ0) is 24.5. The van der Waals surface area contributed by atoms with Gasteiger partial charge in [0.05, 0.1) is 0 Å². The van der Waals surface area contributed by atoms with Crippen LogP contribution in [0, 0.1) is 0 Å². The molecule has 35 heavy (non-hydrogen) atoms. The van der Waals surface area contributed by atoms with Gasteiger partial charge in [0.15, 0.2) is 0 Å². The van der Waals surface area contributed by atoms with Crippen molar-refractivity contribution in [2.45, 2.75) is 64.8 Å². The van der Waals surface area contributed by atoms with Gasteiger partial charge >= 0.3 is 8.56 Å². The highest BCUT2D eigenvalue weighted by Gasteiger charge is 2.41.